The quantitative estimate of drug-likeness (QED) is 0.469. The molecule has 4 rings (SSSR count). The molecular weight excluding hydrogens is 446 g/mol. The molecule has 0 bridgehead atoms. The minimum absolute atomic E-state index is 0.130. The second-order valence-electron chi connectivity index (χ2n) is 8.32. The van der Waals surface area contributed by atoms with Gasteiger partial charge >= 0.3 is 5.97 Å². The number of hydrogen-bond donors (Lipinski definition) is 1. The van der Waals surface area contributed by atoms with Crippen LogP contribution in [0, 0.1) is 20.8 Å². The third kappa shape index (κ3) is 4.31. The van der Waals surface area contributed by atoms with Crippen molar-refractivity contribution in [1.29, 1.82) is 0 Å². The van der Waals surface area contributed by atoms with Gasteiger partial charge in [0.05, 0.1) is 16.2 Å². The van der Waals surface area contributed by atoms with E-state index in [0.717, 1.165) is 34.6 Å². The van der Waals surface area contributed by atoms with E-state index in [2.05, 4.69) is 54.6 Å². The van der Waals surface area contributed by atoms with E-state index >= 15 is 0 Å². The molecule has 0 atom stereocenters. The Morgan fingerprint density at radius 1 is 1.12 bits per heavy atom. The molecule has 2 heterocycles. The summed E-state index contributed by atoms with van der Waals surface area (Å²) < 4.78 is 2.23. The van der Waals surface area contributed by atoms with Crippen molar-refractivity contribution in [2.24, 2.45) is 4.99 Å². The van der Waals surface area contributed by atoms with E-state index in [-0.39, 0.29) is 11.5 Å². The van der Waals surface area contributed by atoms with Crippen molar-refractivity contribution in [2.45, 2.75) is 34.1 Å². The van der Waals surface area contributed by atoms with Crippen LogP contribution in [-0.4, -0.2) is 38.7 Å². The number of benzene rings is 2. The van der Waals surface area contributed by atoms with Crippen LogP contribution in [0.4, 0.5) is 5.69 Å². The van der Waals surface area contributed by atoms with Gasteiger partial charge in [0.1, 0.15) is 0 Å². The van der Waals surface area contributed by atoms with Gasteiger partial charge in [0.25, 0.3) is 5.91 Å². The highest BCUT2D eigenvalue weighted by Crippen LogP contribution is 2.35. The highest BCUT2D eigenvalue weighted by atomic mass is 32.2. The Balaban J connectivity index is 1.71. The van der Waals surface area contributed by atoms with Gasteiger partial charge in [-0.05, 0) is 86.0 Å². The lowest BCUT2D eigenvalue weighted by Crippen LogP contribution is -2.23. The number of aromatic nitrogens is 1. The number of carbonyl (C=O) groups is 2. The lowest BCUT2D eigenvalue weighted by atomic mass is 10.1. The molecule has 1 N–H and O–H groups in total. The minimum Gasteiger partial charge on any atom is -0.478 e. The molecule has 6 nitrogen and oxygen atoms in total. The lowest BCUT2D eigenvalue weighted by Gasteiger charge is -2.14. The average molecular weight is 474 g/mol. The van der Waals surface area contributed by atoms with E-state index in [9.17, 15) is 14.7 Å². The van der Waals surface area contributed by atoms with Gasteiger partial charge in [-0.2, -0.15) is 0 Å². The van der Waals surface area contributed by atoms with Gasteiger partial charge in [-0.1, -0.05) is 31.2 Å². The molecule has 2 aromatic carbocycles. The summed E-state index contributed by atoms with van der Waals surface area (Å²) in [7, 11) is 1.69. The molecule has 1 amide bonds. The number of aromatic carboxylic acids is 1. The second kappa shape index (κ2) is 9.35. The van der Waals surface area contributed by atoms with E-state index in [1.165, 1.54) is 28.3 Å². The first-order valence-corrected chi connectivity index (χ1v) is 11.9. The summed E-state index contributed by atoms with van der Waals surface area (Å²) in [6.07, 6.45) is 2.85. The van der Waals surface area contributed by atoms with E-state index in [4.69, 9.17) is 0 Å². The molecule has 1 fully saturated rings. The molecule has 1 saturated heterocycles. The number of para-hydroxylation sites is 1. The highest BCUT2D eigenvalue weighted by Gasteiger charge is 2.31. The van der Waals surface area contributed by atoms with E-state index < -0.39 is 5.97 Å². The number of likely N-dealkylation sites (N-methyl/N-ethyl adjacent to an activating group) is 1. The summed E-state index contributed by atoms with van der Waals surface area (Å²) in [6.45, 7) is 8.15. The Morgan fingerprint density at radius 3 is 2.56 bits per heavy atom. The fourth-order valence-corrected chi connectivity index (χ4v) is 5.06. The molecule has 0 aliphatic carbocycles. The first-order valence-electron chi connectivity index (χ1n) is 11.1. The molecule has 1 aliphatic rings. The Morgan fingerprint density at radius 2 is 1.85 bits per heavy atom. The number of thioether (sulfide) groups is 1. The van der Waals surface area contributed by atoms with Crippen LogP contribution in [0.5, 0.6) is 0 Å². The first-order chi connectivity index (χ1) is 16.2. The Kier molecular flexibility index (Phi) is 6.48. The van der Waals surface area contributed by atoms with Crippen molar-refractivity contribution in [1.82, 2.24) is 9.47 Å². The highest BCUT2D eigenvalue weighted by molar-refractivity contribution is 8.18. The molecule has 0 radical (unpaired) electrons. The normalized spacial score (nSPS) is 16.1. The van der Waals surface area contributed by atoms with Crippen LogP contribution in [0.1, 0.15) is 45.4 Å². The zero-order valence-corrected chi connectivity index (χ0v) is 20.7. The summed E-state index contributed by atoms with van der Waals surface area (Å²) in [5, 5.41) is 9.82. The van der Waals surface area contributed by atoms with Gasteiger partial charge in [-0.25, -0.2) is 9.79 Å². The van der Waals surface area contributed by atoms with Crippen molar-refractivity contribution in [3.05, 3.63) is 87.1 Å². The van der Waals surface area contributed by atoms with Crippen LogP contribution in [0.25, 0.3) is 11.8 Å². The van der Waals surface area contributed by atoms with Crippen molar-refractivity contribution in [3.8, 4) is 5.69 Å². The van der Waals surface area contributed by atoms with E-state index in [1.54, 1.807) is 19.2 Å². The number of amidine groups is 1. The van der Waals surface area contributed by atoms with Crippen LogP contribution in [-0.2, 0) is 11.2 Å². The monoisotopic (exact) mass is 473 g/mol. The number of rotatable bonds is 5. The van der Waals surface area contributed by atoms with Crippen LogP contribution >= 0.6 is 11.8 Å². The molecule has 34 heavy (non-hydrogen) atoms. The van der Waals surface area contributed by atoms with Crippen molar-refractivity contribution < 1.29 is 14.7 Å². The van der Waals surface area contributed by atoms with Crippen LogP contribution in [0.15, 0.2) is 58.4 Å². The van der Waals surface area contributed by atoms with Crippen LogP contribution in [0.2, 0.25) is 0 Å². The number of aliphatic imine (C=N–C) groups is 1. The van der Waals surface area contributed by atoms with Gasteiger partial charge in [0.2, 0.25) is 0 Å². The van der Waals surface area contributed by atoms with Gasteiger partial charge in [0, 0.05) is 24.1 Å². The van der Waals surface area contributed by atoms with Crippen molar-refractivity contribution in [2.75, 3.05) is 7.05 Å². The summed E-state index contributed by atoms with van der Waals surface area (Å²) in [5.41, 5.74) is 7.12. The van der Waals surface area contributed by atoms with Crippen LogP contribution in [0.3, 0.4) is 0 Å². The second-order valence-corrected chi connectivity index (χ2v) is 9.33. The summed E-state index contributed by atoms with van der Waals surface area (Å²) >= 11 is 1.30. The molecule has 1 aromatic heterocycles. The maximum Gasteiger partial charge on any atom is 0.335 e. The van der Waals surface area contributed by atoms with Crippen molar-refractivity contribution >= 4 is 40.6 Å². The SMILES string of the molecule is CCc1ccccc1-n1c(C)cc(/C=C2\SC(=Nc3cc(C(=O)O)ccc3C)N(C)C2=O)c1C. The summed E-state index contributed by atoms with van der Waals surface area (Å²) in [6, 6.07) is 15.3. The van der Waals surface area contributed by atoms with Gasteiger partial charge in [0.15, 0.2) is 5.17 Å². The number of carbonyl (C=O) groups excluding carboxylic acids is 1. The number of nitrogens with zero attached hydrogens (tertiary/aromatic N) is 3. The molecule has 3 aromatic rings. The standard InChI is InChI=1S/C27H27N3O3S/c1-6-19-9-7-8-10-23(19)30-17(3)13-21(18(30)4)15-24-25(31)29(5)27(34-24)28-22-14-20(26(32)33)12-11-16(22)2/h7-15H,6H2,1-5H3,(H,32,33)/b24-15-,28-27?. The van der Waals surface area contributed by atoms with E-state index in [1.807, 2.05) is 19.1 Å². The number of amides is 1. The largest absolute Gasteiger partial charge is 0.478 e. The lowest BCUT2D eigenvalue weighted by molar-refractivity contribution is -0.121. The Bertz CT molecular complexity index is 1370. The predicted octanol–water partition coefficient (Wildman–Crippen LogP) is 5.90. The van der Waals surface area contributed by atoms with Gasteiger partial charge < -0.3 is 9.67 Å². The smallest absolute Gasteiger partial charge is 0.335 e. The van der Waals surface area contributed by atoms with Crippen LogP contribution < -0.4 is 0 Å². The summed E-state index contributed by atoms with van der Waals surface area (Å²) in [4.78, 5) is 31.1. The molecule has 0 saturated carbocycles. The van der Waals surface area contributed by atoms with Crippen molar-refractivity contribution in [3.63, 3.8) is 0 Å². The molecule has 174 valence electrons. The third-order valence-corrected chi connectivity index (χ3v) is 7.11. The number of hydrogen-bond acceptors (Lipinski definition) is 4. The van der Waals surface area contributed by atoms with Gasteiger partial charge in [-0.3, -0.25) is 9.69 Å². The summed E-state index contributed by atoms with van der Waals surface area (Å²) in [5.74, 6) is -1.14. The molecular formula is C27H27N3O3S. The zero-order chi connectivity index (χ0) is 24.6. The number of carboxylic acid groups (broad SMARTS) is 1. The first kappa shape index (κ1) is 23.6. The van der Waals surface area contributed by atoms with E-state index in [0.29, 0.717) is 15.8 Å². The average Bonchev–Trinajstić information content (AvgIpc) is 3.24. The van der Waals surface area contributed by atoms with Gasteiger partial charge in [-0.15, -0.1) is 0 Å². The molecule has 7 heteroatoms. The molecule has 0 unspecified atom stereocenters. The Labute approximate surface area is 203 Å². The minimum atomic E-state index is -1.01. The zero-order valence-electron chi connectivity index (χ0n) is 19.9. The molecule has 0 spiro atoms. The Hall–Kier alpha value is -3.58. The number of carboxylic acids is 1. The fraction of sp³-hybridized carbons (Fsp3) is 0.222. The topological polar surface area (TPSA) is 74.9 Å². The third-order valence-electron chi connectivity index (χ3n) is 6.05. The number of aryl methyl sites for hydroxylation is 3. The predicted molar refractivity (Wildman–Crippen MR) is 138 cm³/mol. The maximum absolute atomic E-state index is 13.0. The molecule has 1 aliphatic heterocycles. The maximum atomic E-state index is 13.0. The fourth-order valence-electron chi connectivity index (χ4n) is 4.09.